The Bertz CT molecular complexity index is 1270. The summed E-state index contributed by atoms with van der Waals surface area (Å²) < 4.78 is 33.7. The summed E-state index contributed by atoms with van der Waals surface area (Å²) in [6.45, 7) is 3.31. The maximum Gasteiger partial charge on any atom is 0.472 e. The van der Waals surface area contributed by atoms with E-state index >= 15 is 0 Å². The van der Waals surface area contributed by atoms with Crippen LogP contribution in [0.3, 0.4) is 0 Å². The van der Waals surface area contributed by atoms with Crippen molar-refractivity contribution < 1.29 is 63.1 Å². The van der Waals surface area contributed by atoms with Gasteiger partial charge < -0.3 is 39.9 Å². The summed E-state index contributed by atoms with van der Waals surface area (Å²) >= 11 is 0. The number of phosphoric ester groups is 1. The zero-order valence-electron chi connectivity index (χ0n) is 42.2. The highest BCUT2D eigenvalue weighted by molar-refractivity contribution is 7.47. The minimum Gasteiger partial charge on any atom is -0.462 e. The van der Waals surface area contributed by atoms with Crippen LogP contribution in [0.5, 0.6) is 0 Å². The number of aliphatic hydroxyl groups is 5. The van der Waals surface area contributed by atoms with Gasteiger partial charge >= 0.3 is 19.8 Å². The van der Waals surface area contributed by atoms with E-state index < -0.39 is 75.7 Å². The van der Waals surface area contributed by atoms with Crippen molar-refractivity contribution in [2.45, 2.75) is 288 Å². The highest BCUT2D eigenvalue weighted by Gasteiger charge is 2.51. The molecule has 8 atom stereocenters. The van der Waals surface area contributed by atoms with Crippen molar-refractivity contribution in [1.82, 2.24) is 0 Å². The lowest BCUT2D eigenvalue weighted by atomic mass is 9.85. The molecule has 0 spiro atoms. The van der Waals surface area contributed by atoms with Crippen molar-refractivity contribution in [2.75, 3.05) is 13.2 Å². The van der Waals surface area contributed by atoms with Gasteiger partial charge in [-0.2, -0.15) is 0 Å². The van der Waals surface area contributed by atoms with Crippen LogP contribution in [-0.2, 0) is 32.7 Å². The zero-order valence-corrected chi connectivity index (χ0v) is 43.1. The molecule has 1 aliphatic carbocycles. The van der Waals surface area contributed by atoms with Crippen LogP contribution in [0, 0.1) is 0 Å². The molecule has 1 fully saturated rings. The van der Waals surface area contributed by atoms with Crippen molar-refractivity contribution in [1.29, 1.82) is 0 Å². The fourth-order valence-corrected chi connectivity index (χ4v) is 9.43. The van der Waals surface area contributed by atoms with Crippen LogP contribution in [0.15, 0.2) is 24.3 Å². The van der Waals surface area contributed by atoms with E-state index in [-0.39, 0.29) is 12.8 Å². The lowest BCUT2D eigenvalue weighted by molar-refractivity contribution is -0.220. The van der Waals surface area contributed by atoms with Crippen molar-refractivity contribution in [3.63, 3.8) is 0 Å². The van der Waals surface area contributed by atoms with E-state index in [4.69, 9.17) is 18.5 Å². The number of rotatable bonds is 46. The van der Waals surface area contributed by atoms with Crippen molar-refractivity contribution in [3.8, 4) is 0 Å². The lowest BCUT2D eigenvalue weighted by Crippen LogP contribution is -2.64. The van der Waals surface area contributed by atoms with Gasteiger partial charge in [0, 0.05) is 12.8 Å². The number of esters is 2. The monoisotopic (exact) mass is 975 g/mol. The van der Waals surface area contributed by atoms with E-state index in [9.17, 15) is 44.6 Å². The molecule has 0 aromatic carbocycles. The first-order chi connectivity index (χ1) is 32.4. The number of phosphoric acid groups is 1. The molecule has 6 N–H and O–H groups in total. The van der Waals surface area contributed by atoms with Gasteiger partial charge in [0.2, 0.25) is 0 Å². The third-order valence-corrected chi connectivity index (χ3v) is 13.8. The van der Waals surface area contributed by atoms with Gasteiger partial charge in [0.25, 0.3) is 0 Å². The first kappa shape index (κ1) is 63.3. The van der Waals surface area contributed by atoms with Crippen LogP contribution in [0.2, 0.25) is 0 Å². The maximum atomic E-state index is 12.9. The summed E-state index contributed by atoms with van der Waals surface area (Å²) in [5.41, 5.74) is 0. The van der Waals surface area contributed by atoms with Crippen LogP contribution in [-0.4, -0.2) is 98.3 Å². The normalized spacial score (nSPS) is 21.3. The minimum atomic E-state index is -5.12. The van der Waals surface area contributed by atoms with Gasteiger partial charge in [0.05, 0.1) is 6.61 Å². The molecule has 0 aliphatic heterocycles. The van der Waals surface area contributed by atoms with Crippen LogP contribution in [0.1, 0.15) is 245 Å². The lowest BCUT2D eigenvalue weighted by Gasteiger charge is -2.41. The minimum absolute atomic E-state index is 0.0821. The Labute approximate surface area is 406 Å². The Kier molecular flexibility index (Phi) is 40.8. The van der Waals surface area contributed by atoms with Gasteiger partial charge in [-0.1, -0.05) is 218 Å². The standard InChI is InChI=1S/C53H99O13P/c1-3-5-7-9-11-13-15-17-19-20-21-22-23-24-25-26-28-29-31-33-35-37-39-41-46(54)63-43-45(44-64-67(61,62)66-53-51(59)49(57)48(56)50(58)52(53)60)65-47(55)42-40-38-36-34-32-30-27-18-16-14-12-10-8-6-4-2/h14,16,18,27,45,48-53,56-60H,3-13,15,17,19-26,28-44H2,1-2H3,(H,61,62)/b16-14+,27-18+/t45-,48?,49-,50?,51?,52?,53?/m0/s1. The third-order valence-electron chi connectivity index (χ3n) is 12.8. The topological polar surface area (TPSA) is 210 Å². The number of allylic oxidation sites excluding steroid dienone is 4. The number of aliphatic hydroxyl groups excluding tert-OH is 5. The van der Waals surface area contributed by atoms with Crippen molar-refractivity contribution >= 4 is 19.8 Å². The molecule has 6 unspecified atom stereocenters. The number of carbonyl (C=O) groups excluding carboxylic acids is 2. The molecule has 13 nitrogen and oxygen atoms in total. The summed E-state index contributed by atoms with van der Waals surface area (Å²) in [4.78, 5) is 35.8. The van der Waals surface area contributed by atoms with Crippen LogP contribution < -0.4 is 0 Å². The first-order valence-electron chi connectivity index (χ1n) is 27.2. The Balaban J connectivity index is 2.33. The summed E-state index contributed by atoms with van der Waals surface area (Å²) in [5, 5.41) is 50.3. The number of ether oxygens (including phenoxy) is 2. The maximum absolute atomic E-state index is 12.9. The number of hydrogen-bond donors (Lipinski definition) is 6. The number of hydrogen-bond acceptors (Lipinski definition) is 12. The summed E-state index contributed by atoms with van der Waals surface area (Å²) in [5.74, 6) is -1.10. The van der Waals surface area contributed by atoms with E-state index in [0.717, 1.165) is 57.8 Å². The average Bonchev–Trinajstić information content (AvgIpc) is 3.31. The van der Waals surface area contributed by atoms with E-state index in [2.05, 4.69) is 38.2 Å². The molecule has 0 heterocycles. The highest BCUT2D eigenvalue weighted by Crippen LogP contribution is 2.47. The molecule has 1 saturated carbocycles. The highest BCUT2D eigenvalue weighted by atomic mass is 31.2. The summed E-state index contributed by atoms with van der Waals surface area (Å²) in [7, 11) is -5.12. The molecule has 67 heavy (non-hydrogen) atoms. The second-order valence-electron chi connectivity index (χ2n) is 19.1. The molecule has 0 amide bonds. The Morgan fingerprint density at radius 1 is 0.463 bits per heavy atom. The van der Waals surface area contributed by atoms with E-state index in [1.165, 1.54) is 148 Å². The fourth-order valence-electron chi connectivity index (χ4n) is 8.46. The SMILES string of the molecule is CCCCCC/C=C/C=C/CCCCCCCC(=O)O[C@@H](COC(=O)CCCCCCCCCCCCCCCCCCCCCCCCC)COP(=O)(O)OC1C(O)C(O)C(O)[C@H](O)C1O. The second-order valence-corrected chi connectivity index (χ2v) is 20.5. The van der Waals surface area contributed by atoms with Gasteiger partial charge in [0.1, 0.15) is 43.2 Å². The average molecular weight is 975 g/mol. The van der Waals surface area contributed by atoms with Gasteiger partial charge in [0.15, 0.2) is 6.10 Å². The number of carbonyl (C=O) groups is 2. The summed E-state index contributed by atoms with van der Waals surface area (Å²) in [6, 6.07) is 0. The van der Waals surface area contributed by atoms with Crippen LogP contribution in [0.4, 0.5) is 0 Å². The van der Waals surface area contributed by atoms with Crippen LogP contribution in [0.25, 0.3) is 0 Å². The number of unbranched alkanes of at least 4 members (excludes halogenated alkanes) is 31. The Hall–Kier alpha value is -1.67. The van der Waals surface area contributed by atoms with E-state index in [1.54, 1.807) is 0 Å². The molecule has 394 valence electrons. The predicted molar refractivity (Wildman–Crippen MR) is 267 cm³/mol. The molecule has 1 aliphatic rings. The molecule has 1 rings (SSSR count). The van der Waals surface area contributed by atoms with Gasteiger partial charge in [-0.05, 0) is 38.5 Å². The van der Waals surface area contributed by atoms with Crippen molar-refractivity contribution in [2.24, 2.45) is 0 Å². The second kappa shape index (κ2) is 43.1. The molecule has 0 saturated heterocycles. The molecular weight excluding hydrogens is 876 g/mol. The Morgan fingerprint density at radius 3 is 1.19 bits per heavy atom. The first-order valence-corrected chi connectivity index (χ1v) is 28.7. The molecule has 0 aromatic rings. The quantitative estimate of drug-likeness (QED) is 0.0145. The van der Waals surface area contributed by atoms with Crippen molar-refractivity contribution in [3.05, 3.63) is 24.3 Å². The van der Waals surface area contributed by atoms with Gasteiger partial charge in [-0.15, -0.1) is 0 Å². The molecule has 0 aromatic heterocycles. The largest absolute Gasteiger partial charge is 0.472 e. The van der Waals surface area contributed by atoms with Gasteiger partial charge in [-0.25, -0.2) is 4.57 Å². The van der Waals surface area contributed by atoms with E-state index in [1.807, 2.05) is 0 Å². The van der Waals surface area contributed by atoms with Gasteiger partial charge in [-0.3, -0.25) is 18.6 Å². The Morgan fingerprint density at radius 2 is 0.791 bits per heavy atom. The molecule has 0 bridgehead atoms. The fraction of sp³-hybridized carbons (Fsp3) is 0.887. The third kappa shape index (κ3) is 35.1. The smallest absolute Gasteiger partial charge is 0.462 e. The zero-order chi connectivity index (χ0) is 49.2. The van der Waals surface area contributed by atoms with E-state index in [0.29, 0.717) is 12.8 Å². The summed E-state index contributed by atoms with van der Waals surface area (Å²) in [6.07, 6.45) is 36.6. The predicted octanol–water partition coefficient (Wildman–Crippen LogP) is 12.0. The molecule has 14 heteroatoms. The van der Waals surface area contributed by atoms with Crippen LogP contribution >= 0.6 is 7.82 Å². The molecular formula is C53H99O13P. The molecule has 0 radical (unpaired) electrons.